The Balaban J connectivity index is 1.94. The lowest BCUT2D eigenvalue weighted by atomic mass is 10.1. The van der Waals surface area contributed by atoms with Gasteiger partial charge in [-0.1, -0.05) is 18.2 Å². The molecule has 0 fully saturated rings. The maximum Gasteiger partial charge on any atom is 0.103 e. The van der Waals surface area contributed by atoms with Crippen LogP contribution in [0.4, 0.5) is 0 Å². The molecule has 0 aliphatic rings. The van der Waals surface area contributed by atoms with E-state index in [1.54, 1.807) is 6.33 Å². The van der Waals surface area contributed by atoms with E-state index in [1.807, 2.05) is 34.6 Å². The van der Waals surface area contributed by atoms with E-state index in [4.69, 9.17) is 0 Å². The normalized spacial score (nSPS) is 12.9. The lowest BCUT2D eigenvalue weighted by Crippen LogP contribution is -2.04. The average molecular weight is 270 g/mol. The van der Waals surface area contributed by atoms with Crippen molar-refractivity contribution in [3.05, 3.63) is 48.2 Å². The van der Waals surface area contributed by atoms with E-state index in [-0.39, 0.29) is 0 Å². The molecular formula is C15H18N4O. The molecule has 0 bridgehead atoms. The summed E-state index contributed by atoms with van der Waals surface area (Å²) in [6.07, 6.45) is 3.38. The van der Waals surface area contributed by atoms with Crippen LogP contribution >= 0.6 is 0 Å². The molecule has 1 atom stereocenters. The summed E-state index contributed by atoms with van der Waals surface area (Å²) in [4.78, 5) is 4.20. The van der Waals surface area contributed by atoms with Crippen LogP contribution in [-0.4, -0.2) is 24.4 Å². The first-order chi connectivity index (χ1) is 9.69. The van der Waals surface area contributed by atoms with Crippen molar-refractivity contribution in [2.75, 3.05) is 0 Å². The fourth-order valence-electron chi connectivity index (χ4n) is 2.48. The van der Waals surface area contributed by atoms with Gasteiger partial charge in [-0.2, -0.15) is 5.10 Å². The first kappa shape index (κ1) is 12.9. The Bertz CT molecular complexity index is 728. The Hall–Kier alpha value is -2.14. The summed E-state index contributed by atoms with van der Waals surface area (Å²) >= 11 is 0. The summed E-state index contributed by atoms with van der Waals surface area (Å²) in [5, 5.41) is 16.0. The lowest BCUT2D eigenvalue weighted by Gasteiger charge is -2.05. The van der Waals surface area contributed by atoms with Gasteiger partial charge in [-0.25, -0.2) is 4.98 Å². The van der Waals surface area contributed by atoms with Crippen LogP contribution in [0.2, 0.25) is 0 Å². The number of fused-ring (bicyclic) bond motifs is 1. The highest BCUT2D eigenvalue weighted by Crippen LogP contribution is 2.23. The molecule has 2 aromatic heterocycles. The highest BCUT2D eigenvalue weighted by Gasteiger charge is 2.16. The maximum absolute atomic E-state index is 10.3. The van der Waals surface area contributed by atoms with Crippen LogP contribution < -0.4 is 0 Å². The number of imidazole rings is 1. The van der Waals surface area contributed by atoms with E-state index >= 15 is 0 Å². The Kier molecular flexibility index (Phi) is 3.28. The molecule has 5 heteroatoms. The van der Waals surface area contributed by atoms with Crippen molar-refractivity contribution in [1.29, 1.82) is 0 Å². The first-order valence-corrected chi connectivity index (χ1v) is 6.79. The highest BCUT2D eigenvalue weighted by molar-refractivity contribution is 5.82. The van der Waals surface area contributed by atoms with E-state index in [9.17, 15) is 5.11 Å². The largest absolute Gasteiger partial charge is 0.386 e. The molecule has 5 nitrogen and oxygen atoms in total. The van der Waals surface area contributed by atoms with Gasteiger partial charge in [-0.05, 0) is 13.0 Å². The number of hydrogen-bond acceptors (Lipinski definition) is 3. The Labute approximate surface area is 117 Å². The molecule has 0 saturated carbocycles. The Morgan fingerprint density at radius 2 is 2.10 bits per heavy atom. The molecular weight excluding hydrogens is 252 g/mol. The predicted molar refractivity (Wildman–Crippen MR) is 77.3 cm³/mol. The van der Waals surface area contributed by atoms with E-state index in [1.165, 1.54) is 0 Å². The summed E-state index contributed by atoms with van der Waals surface area (Å²) in [6.45, 7) is 2.89. The molecule has 2 heterocycles. The molecule has 0 amide bonds. The topological polar surface area (TPSA) is 55.9 Å². The molecule has 104 valence electrons. The highest BCUT2D eigenvalue weighted by atomic mass is 16.3. The molecule has 0 aliphatic carbocycles. The smallest absolute Gasteiger partial charge is 0.103 e. The van der Waals surface area contributed by atoms with Crippen molar-refractivity contribution in [3.63, 3.8) is 0 Å². The predicted octanol–water partition coefficient (Wildman–Crippen LogP) is 2.07. The molecule has 1 aromatic carbocycles. The first-order valence-electron chi connectivity index (χ1n) is 6.79. The zero-order valence-electron chi connectivity index (χ0n) is 11.7. The molecule has 0 spiro atoms. The zero-order chi connectivity index (χ0) is 14.1. The molecule has 0 radical (unpaired) electrons. The standard InChI is InChI=1S/C15H18N4O/c1-3-19-14-7-5-4-6-11(14)12(17-19)8-15(20)13-9-18(2)10-16-13/h4-7,9-10,15,20H,3,8H2,1-2H3. The number of benzene rings is 1. The van der Waals surface area contributed by atoms with E-state index in [2.05, 4.69) is 29.1 Å². The van der Waals surface area contributed by atoms with E-state index < -0.39 is 6.10 Å². The van der Waals surface area contributed by atoms with Crippen LogP contribution in [-0.2, 0) is 20.0 Å². The van der Waals surface area contributed by atoms with Crippen LogP contribution in [0.3, 0.4) is 0 Å². The van der Waals surface area contributed by atoms with Gasteiger partial charge < -0.3 is 9.67 Å². The van der Waals surface area contributed by atoms with Crippen molar-refractivity contribution in [3.8, 4) is 0 Å². The third kappa shape index (κ3) is 2.20. The summed E-state index contributed by atoms with van der Waals surface area (Å²) in [6, 6.07) is 8.12. The van der Waals surface area contributed by atoms with Crippen LogP contribution in [0.15, 0.2) is 36.8 Å². The number of aliphatic hydroxyl groups excluding tert-OH is 1. The van der Waals surface area contributed by atoms with E-state index in [0.717, 1.165) is 23.1 Å². The minimum absolute atomic E-state index is 0.477. The van der Waals surface area contributed by atoms with Gasteiger partial charge in [0.15, 0.2) is 0 Å². The van der Waals surface area contributed by atoms with Gasteiger partial charge in [0.25, 0.3) is 0 Å². The number of hydrogen-bond donors (Lipinski definition) is 1. The van der Waals surface area contributed by atoms with Gasteiger partial charge >= 0.3 is 0 Å². The van der Waals surface area contributed by atoms with Crippen molar-refractivity contribution < 1.29 is 5.11 Å². The van der Waals surface area contributed by atoms with Gasteiger partial charge in [-0.3, -0.25) is 4.68 Å². The quantitative estimate of drug-likeness (QED) is 0.789. The number of nitrogens with zero attached hydrogens (tertiary/aromatic N) is 4. The van der Waals surface area contributed by atoms with Crippen molar-refractivity contribution in [1.82, 2.24) is 19.3 Å². The summed E-state index contributed by atoms with van der Waals surface area (Å²) < 4.78 is 3.80. The molecule has 1 unspecified atom stereocenters. The van der Waals surface area contributed by atoms with Gasteiger partial charge in [0.05, 0.1) is 23.2 Å². The second-order valence-electron chi connectivity index (χ2n) is 4.96. The maximum atomic E-state index is 10.3. The summed E-state index contributed by atoms with van der Waals surface area (Å²) in [5.74, 6) is 0. The number of aromatic nitrogens is 4. The minimum atomic E-state index is -0.625. The zero-order valence-corrected chi connectivity index (χ0v) is 11.7. The van der Waals surface area contributed by atoms with Crippen LogP contribution in [0.25, 0.3) is 10.9 Å². The molecule has 1 N–H and O–H groups in total. The van der Waals surface area contributed by atoms with Crippen molar-refractivity contribution in [2.24, 2.45) is 7.05 Å². The summed E-state index contributed by atoms with van der Waals surface area (Å²) in [5.41, 5.74) is 2.71. The Morgan fingerprint density at radius 1 is 1.30 bits per heavy atom. The second kappa shape index (κ2) is 5.09. The fraction of sp³-hybridized carbons (Fsp3) is 0.333. The van der Waals surface area contributed by atoms with Crippen LogP contribution in [0.1, 0.15) is 24.4 Å². The monoisotopic (exact) mass is 270 g/mol. The second-order valence-corrected chi connectivity index (χ2v) is 4.96. The molecule has 3 aromatic rings. The van der Waals surface area contributed by atoms with Crippen LogP contribution in [0.5, 0.6) is 0 Å². The number of para-hydroxylation sites is 1. The van der Waals surface area contributed by atoms with Gasteiger partial charge in [0, 0.05) is 31.6 Å². The van der Waals surface area contributed by atoms with Gasteiger partial charge in [-0.15, -0.1) is 0 Å². The van der Waals surface area contributed by atoms with Crippen molar-refractivity contribution >= 4 is 10.9 Å². The molecule has 20 heavy (non-hydrogen) atoms. The van der Waals surface area contributed by atoms with Crippen LogP contribution in [0, 0.1) is 0 Å². The summed E-state index contributed by atoms with van der Waals surface area (Å²) in [7, 11) is 1.89. The van der Waals surface area contributed by atoms with E-state index in [0.29, 0.717) is 12.1 Å². The fourth-order valence-corrected chi connectivity index (χ4v) is 2.48. The number of aryl methyl sites for hydroxylation is 2. The molecule has 0 saturated heterocycles. The van der Waals surface area contributed by atoms with Crippen molar-refractivity contribution in [2.45, 2.75) is 26.0 Å². The van der Waals surface area contributed by atoms with Gasteiger partial charge in [0.1, 0.15) is 6.10 Å². The minimum Gasteiger partial charge on any atom is -0.386 e. The number of aliphatic hydroxyl groups is 1. The molecule has 3 rings (SSSR count). The third-order valence-electron chi connectivity index (χ3n) is 3.49. The Morgan fingerprint density at radius 3 is 2.80 bits per heavy atom. The SMILES string of the molecule is CCn1nc(CC(O)c2cn(C)cn2)c2ccccc21. The number of rotatable bonds is 4. The lowest BCUT2D eigenvalue weighted by molar-refractivity contribution is 0.173. The molecule has 0 aliphatic heterocycles. The average Bonchev–Trinajstić information content (AvgIpc) is 3.03. The van der Waals surface area contributed by atoms with Gasteiger partial charge in [0.2, 0.25) is 0 Å². The third-order valence-corrected chi connectivity index (χ3v) is 3.49.